The Bertz CT molecular complexity index is 896. The summed E-state index contributed by atoms with van der Waals surface area (Å²) in [4.78, 5) is 26.5. The van der Waals surface area contributed by atoms with Crippen LogP contribution in [0.15, 0.2) is 35.5 Å². The van der Waals surface area contributed by atoms with Gasteiger partial charge in [-0.2, -0.15) is 0 Å². The highest BCUT2D eigenvalue weighted by Gasteiger charge is 2.19. The maximum absolute atomic E-state index is 12.8. The van der Waals surface area contributed by atoms with E-state index < -0.39 is 0 Å². The van der Waals surface area contributed by atoms with Gasteiger partial charge in [0.25, 0.3) is 5.91 Å². The Balaban J connectivity index is 1.47. The number of aromatic nitrogens is 2. The number of carbonyl (C=O) groups is 1. The number of amides is 1. The van der Waals surface area contributed by atoms with Crippen LogP contribution in [0.1, 0.15) is 41.4 Å². The Morgan fingerprint density at radius 1 is 1.03 bits per heavy atom. The molecule has 0 N–H and O–H groups in total. The van der Waals surface area contributed by atoms with Crippen molar-refractivity contribution < 1.29 is 14.3 Å². The zero-order valence-corrected chi connectivity index (χ0v) is 19.1. The summed E-state index contributed by atoms with van der Waals surface area (Å²) in [7, 11) is 0. The van der Waals surface area contributed by atoms with Gasteiger partial charge in [-0.1, -0.05) is 37.7 Å². The predicted octanol–water partition coefficient (Wildman–Crippen LogP) is 3.20. The highest BCUT2D eigenvalue weighted by atomic mass is 32.2. The van der Waals surface area contributed by atoms with Crippen LogP contribution in [0.5, 0.6) is 0 Å². The average molecular weight is 443 g/mol. The summed E-state index contributed by atoms with van der Waals surface area (Å²) in [5.74, 6) is 2.09. The SMILES string of the molecule is CC(C)c1cc(N2CCOCC2)nc(SCc2cccc(C(=O)N3CCOCC3)c2)n1. The van der Waals surface area contributed by atoms with E-state index >= 15 is 0 Å². The van der Waals surface area contributed by atoms with Crippen LogP contribution in [0, 0.1) is 0 Å². The van der Waals surface area contributed by atoms with E-state index in [4.69, 9.17) is 19.4 Å². The minimum Gasteiger partial charge on any atom is -0.378 e. The lowest BCUT2D eigenvalue weighted by atomic mass is 10.1. The van der Waals surface area contributed by atoms with Gasteiger partial charge in [0.1, 0.15) is 5.82 Å². The number of rotatable bonds is 6. The van der Waals surface area contributed by atoms with Crippen molar-refractivity contribution in [1.82, 2.24) is 14.9 Å². The molecular formula is C23H30N4O3S. The molecule has 7 nitrogen and oxygen atoms in total. The van der Waals surface area contributed by atoms with E-state index in [9.17, 15) is 4.79 Å². The molecule has 0 radical (unpaired) electrons. The lowest BCUT2D eigenvalue weighted by molar-refractivity contribution is 0.0303. The molecule has 0 unspecified atom stereocenters. The number of hydrogen-bond acceptors (Lipinski definition) is 7. The van der Waals surface area contributed by atoms with Crippen LogP contribution >= 0.6 is 11.8 Å². The summed E-state index contributed by atoms with van der Waals surface area (Å²) in [6, 6.07) is 9.98. The van der Waals surface area contributed by atoms with Crippen molar-refractivity contribution in [2.24, 2.45) is 0 Å². The number of hydrogen-bond donors (Lipinski definition) is 0. The number of morpholine rings is 2. The van der Waals surface area contributed by atoms with Crippen molar-refractivity contribution in [1.29, 1.82) is 0 Å². The number of carbonyl (C=O) groups excluding carboxylic acids is 1. The largest absolute Gasteiger partial charge is 0.378 e. The fourth-order valence-electron chi connectivity index (χ4n) is 3.64. The van der Waals surface area contributed by atoms with Gasteiger partial charge in [-0.05, 0) is 23.6 Å². The first kappa shape index (κ1) is 22.0. The molecule has 1 aromatic heterocycles. The fraction of sp³-hybridized carbons (Fsp3) is 0.522. The van der Waals surface area contributed by atoms with E-state index in [0.717, 1.165) is 54.1 Å². The zero-order chi connectivity index (χ0) is 21.6. The van der Waals surface area contributed by atoms with Gasteiger partial charge in [-0.3, -0.25) is 4.79 Å². The summed E-state index contributed by atoms with van der Waals surface area (Å²) in [6.45, 7) is 9.99. The molecule has 2 saturated heterocycles. The van der Waals surface area contributed by atoms with Crippen molar-refractivity contribution in [3.8, 4) is 0 Å². The van der Waals surface area contributed by atoms with E-state index in [2.05, 4.69) is 30.9 Å². The van der Waals surface area contributed by atoms with Gasteiger partial charge in [-0.15, -0.1) is 0 Å². The van der Waals surface area contributed by atoms with Gasteiger partial charge in [0.05, 0.1) is 26.4 Å². The van der Waals surface area contributed by atoms with Gasteiger partial charge in [-0.25, -0.2) is 9.97 Å². The van der Waals surface area contributed by atoms with Gasteiger partial charge in [0, 0.05) is 49.3 Å². The molecule has 31 heavy (non-hydrogen) atoms. The van der Waals surface area contributed by atoms with E-state index in [1.54, 1.807) is 11.8 Å². The Kier molecular flexibility index (Phi) is 7.42. The molecule has 2 aliphatic heterocycles. The van der Waals surface area contributed by atoms with Crippen LogP contribution in [-0.2, 0) is 15.2 Å². The smallest absolute Gasteiger partial charge is 0.254 e. The minimum absolute atomic E-state index is 0.0720. The number of ether oxygens (including phenoxy) is 2. The maximum atomic E-state index is 12.8. The number of anilines is 1. The molecule has 0 spiro atoms. The third-order valence-electron chi connectivity index (χ3n) is 5.48. The highest BCUT2D eigenvalue weighted by molar-refractivity contribution is 7.98. The third-order valence-corrected chi connectivity index (χ3v) is 6.40. The van der Waals surface area contributed by atoms with Gasteiger partial charge >= 0.3 is 0 Å². The van der Waals surface area contributed by atoms with Crippen LogP contribution in [0.25, 0.3) is 0 Å². The Morgan fingerprint density at radius 3 is 2.45 bits per heavy atom. The maximum Gasteiger partial charge on any atom is 0.254 e. The molecule has 0 aliphatic carbocycles. The van der Waals surface area contributed by atoms with Gasteiger partial charge < -0.3 is 19.3 Å². The van der Waals surface area contributed by atoms with Crippen molar-refractivity contribution in [3.63, 3.8) is 0 Å². The lowest BCUT2D eigenvalue weighted by Gasteiger charge is -2.28. The summed E-state index contributed by atoms with van der Waals surface area (Å²) in [5, 5.41) is 0.776. The van der Waals surface area contributed by atoms with E-state index in [1.165, 1.54) is 0 Å². The van der Waals surface area contributed by atoms with Crippen LogP contribution in [0.4, 0.5) is 5.82 Å². The molecule has 2 aromatic rings. The normalized spacial score (nSPS) is 17.3. The molecule has 0 atom stereocenters. The quantitative estimate of drug-likeness (QED) is 0.503. The molecule has 2 aliphatic rings. The Hall–Kier alpha value is -2.16. The van der Waals surface area contributed by atoms with Crippen molar-refractivity contribution in [2.45, 2.75) is 30.7 Å². The van der Waals surface area contributed by atoms with Gasteiger partial charge in [0.15, 0.2) is 5.16 Å². The molecule has 0 bridgehead atoms. The van der Waals surface area contributed by atoms with Crippen molar-refractivity contribution >= 4 is 23.5 Å². The summed E-state index contributed by atoms with van der Waals surface area (Å²) in [6.07, 6.45) is 0. The summed E-state index contributed by atoms with van der Waals surface area (Å²) < 4.78 is 10.8. The average Bonchev–Trinajstić information content (AvgIpc) is 2.83. The van der Waals surface area contributed by atoms with Crippen LogP contribution < -0.4 is 4.90 Å². The molecule has 1 amide bonds. The molecule has 8 heteroatoms. The molecule has 166 valence electrons. The predicted molar refractivity (Wildman–Crippen MR) is 122 cm³/mol. The molecule has 2 fully saturated rings. The third kappa shape index (κ3) is 5.75. The monoisotopic (exact) mass is 442 g/mol. The molecular weight excluding hydrogens is 412 g/mol. The minimum atomic E-state index is 0.0720. The van der Waals surface area contributed by atoms with Crippen molar-refractivity contribution in [3.05, 3.63) is 47.2 Å². The first-order valence-electron chi connectivity index (χ1n) is 10.9. The summed E-state index contributed by atoms with van der Waals surface area (Å²) >= 11 is 1.61. The molecule has 1 aromatic carbocycles. The second-order valence-electron chi connectivity index (χ2n) is 8.08. The molecule has 3 heterocycles. The van der Waals surface area contributed by atoms with E-state index in [-0.39, 0.29) is 5.91 Å². The Labute approximate surface area is 188 Å². The van der Waals surface area contributed by atoms with Gasteiger partial charge in [0.2, 0.25) is 0 Å². The lowest BCUT2D eigenvalue weighted by Crippen LogP contribution is -2.40. The topological polar surface area (TPSA) is 67.8 Å². The van der Waals surface area contributed by atoms with E-state index in [1.807, 2.05) is 23.1 Å². The van der Waals surface area contributed by atoms with E-state index in [0.29, 0.717) is 38.0 Å². The number of nitrogens with zero attached hydrogens (tertiary/aromatic N) is 4. The molecule has 4 rings (SSSR count). The number of benzene rings is 1. The first-order valence-corrected chi connectivity index (χ1v) is 11.9. The van der Waals surface area contributed by atoms with Crippen LogP contribution in [0.3, 0.4) is 0 Å². The Morgan fingerprint density at radius 2 is 1.74 bits per heavy atom. The second-order valence-corrected chi connectivity index (χ2v) is 9.02. The fourth-order valence-corrected chi connectivity index (χ4v) is 4.44. The van der Waals surface area contributed by atoms with Crippen LogP contribution in [-0.4, -0.2) is 73.4 Å². The zero-order valence-electron chi connectivity index (χ0n) is 18.2. The number of thioether (sulfide) groups is 1. The van der Waals surface area contributed by atoms with Crippen LogP contribution in [0.2, 0.25) is 0 Å². The van der Waals surface area contributed by atoms with Crippen molar-refractivity contribution in [2.75, 3.05) is 57.5 Å². The standard InChI is InChI=1S/C23H30N4O3S/c1-17(2)20-15-21(26-6-10-29-11-7-26)25-23(24-20)31-16-18-4-3-5-19(14-18)22(28)27-8-12-30-13-9-27/h3-5,14-15,17H,6-13,16H2,1-2H3. The highest BCUT2D eigenvalue weighted by Crippen LogP contribution is 2.26. The summed E-state index contributed by atoms with van der Waals surface area (Å²) in [5.41, 5.74) is 2.87. The first-order chi connectivity index (χ1) is 15.1. The molecule has 0 saturated carbocycles. The second kappa shape index (κ2) is 10.4.